The molecule has 0 bridgehead atoms. The van der Waals surface area contributed by atoms with Gasteiger partial charge >= 0.3 is 0 Å². The van der Waals surface area contributed by atoms with Crippen LogP contribution >= 0.6 is 23.4 Å². The van der Waals surface area contributed by atoms with Gasteiger partial charge in [-0.2, -0.15) is 0 Å². The molecule has 30 heavy (non-hydrogen) atoms. The Labute approximate surface area is 186 Å². The van der Waals surface area contributed by atoms with E-state index in [9.17, 15) is 0 Å². The molecule has 0 spiro atoms. The highest BCUT2D eigenvalue weighted by atomic mass is 35.5. The second-order valence-electron chi connectivity index (χ2n) is 6.93. The van der Waals surface area contributed by atoms with E-state index in [1.54, 1.807) is 5.01 Å². The monoisotopic (exact) mass is 453 g/mol. The molecular weight excluding hydrogens is 425 g/mol. The summed E-state index contributed by atoms with van der Waals surface area (Å²) in [5.41, 5.74) is 6.96. The molecule has 0 saturated carbocycles. The molecule has 4 rings (SSSR count). The zero-order valence-electron chi connectivity index (χ0n) is 17.7. The standard InChI is InChI=1S/C18H23ClFN7S.C2H6/c1-2-28-18-24-15-12-14(23-16(19)13(15)20)11(9-21)27(22)8-6-10-5-3-4-7-26(10)17(12)25-18;1-2/h9-10H,2-8,21-22H2,1H3;1-2H3/b11-9-;. The fourth-order valence-corrected chi connectivity index (χ4v) is 4.73. The Morgan fingerprint density at radius 1 is 1.20 bits per heavy atom. The SMILES string of the molecule is CC.CCSc1nc2c3c(nc(Cl)c(F)c3n1)/C(=C/N)N(N)CCC1CCCCN21. The third-order valence-electron chi connectivity index (χ3n) is 5.29. The van der Waals surface area contributed by atoms with Crippen molar-refractivity contribution >= 4 is 45.8 Å². The van der Waals surface area contributed by atoms with Crippen LogP contribution in [0.2, 0.25) is 5.15 Å². The molecule has 1 saturated heterocycles. The predicted molar refractivity (Wildman–Crippen MR) is 123 cm³/mol. The average molecular weight is 454 g/mol. The Morgan fingerprint density at radius 2 is 1.97 bits per heavy atom. The molecule has 4 heterocycles. The third-order valence-corrected chi connectivity index (χ3v) is 6.27. The maximum atomic E-state index is 15.0. The Kier molecular flexibility index (Phi) is 7.60. The smallest absolute Gasteiger partial charge is 0.190 e. The van der Waals surface area contributed by atoms with Crippen LogP contribution in [-0.2, 0) is 0 Å². The first-order valence-corrected chi connectivity index (χ1v) is 11.8. The molecule has 0 aromatic carbocycles. The molecule has 7 nitrogen and oxygen atoms in total. The van der Waals surface area contributed by atoms with E-state index >= 15 is 4.39 Å². The van der Waals surface area contributed by atoms with Gasteiger partial charge in [0.1, 0.15) is 17.0 Å². The summed E-state index contributed by atoms with van der Waals surface area (Å²) in [6.07, 6.45) is 5.48. The Morgan fingerprint density at radius 3 is 2.67 bits per heavy atom. The van der Waals surface area contributed by atoms with E-state index in [1.807, 2.05) is 20.8 Å². The van der Waals surface area contributed by atoms with Crippen LogP contribution in [0, 0.1) is 5.82 Å². The van der Waals surface area contributed by atoms with E-state index in [-0.39, 0.29) is 16.7 Å². The first kappa shape index (κ1) is 22.8. The highest BCUT2D eigenvalue weighted by molar-refractivity contribution is 7.99. The van der Waals surface area contributed by atoms with Crippen molar-refractivity contribution in [3.8, 4) is 0 Å². The van der Waals surface area contributed by atoms with Gasteiger partial charge in [0.25, 0.3) is 0 Å². The summed E-state index contributed by atoms with van der Waals surface area (Å²) in [4.78, 5) is 15.8. The van der Waals surface area contributed by atoms with Crippen molar-refractivity contribution in [2.24, 2.45) is 11.6 Å². The molecular formula is C20H29ClFN7S. The summed E-state index contributed by atoms with van der Waals surface area (Å²) in [5, 5.41) is 2.36. The lowest BCUT2D eigenvalue weighted by molar-refractivity contribution is 0.354. The van der Waals surface area contributed by atoms with Crippen molar-refractivity contribution in [1.82, 2.24) is 20.0 Å². The molecule has 2 aliphatic rings. The van der Waals surface area contributed by atoms with Crippen LogP contribution in [0.1, 0.15) is 52.1 Å². The number of hydrogen-bond donors (Lipinski definition) is 2. The summed E-state index contributed by atoms with van der Waals surface area (Å²) in [5.74, 6) is 7.13. The van der Waals surface area contributed by atoms with E-state index in [0.29, 0.717) is 34.3 Å². The summed E-state index contributed by atoms with van der Waals surface area (Å²) < 4.78 is 15.0. The number of rotatable bonds is 2. The van der Waals surface area contributed by atoms with Crippen LogP contribution in [0.5, 0.6) is 0 Å². The van der Waals surface area contributed by atoms with Crippen LogP contribution in [0.15, 0.2) is 11.4 Å². The number of pyridine rings is 1. The minimum Gasteiger partial charge on any atom is -0.403 e. The fourth-order valence-electron chi connectivity index (χ4n) is 3.99. The summed E-state index contributed by atoms with van der Waals surface area (Å²) in [7, 11) is 0. The number of nitrogens with zero attached hydrogens (tertiary/aromatic N) is 5. The minimum atomic E-state index is -0.644. The lowest BCUT2D eigenvalue weighted by atomic mass is 9.99. The van der Waals surface area contributed by atoms with Gasteiger partial charge in [0.05, 0.1) is 11.1 Å². The highest BCUT2D eigenvalue weighted by Gasteiger charge is 2.32. The normalized spacial score (nSPS) is 20.2. The van der Waals surface area contributed by atoms with Crippen LogP contribution in [0.4, 0.5) is 10.2 Å². The van der Waals surface area contributed by atoms with Gasteiger partial charge in [-0.15, -0.1) is 0 Å². The topological polar surface area (TPSA) is 97.2 Å². The summed E-state index contributed by atoms with van der Waals surface area (Å²) in [6.45, 7) is 7.46. The first-order chi connectivity index (χ1) is 14.5. The number of nitrogens with two attached hydrogens (primary N) is 2. The second-order valence-corrected chi connectivity index (χ2v) is 8.52. The van der Waals surface area contributed by atoms with Crippen LogP contribution in [0.25, 0.3) is 16.6 Å². The molecule has 4 N–H and O–H groups in total. The molecule has 164 valence electrons. The van der Waals surface area contributed by atoms with Gasteiger partial charge in [-0.25, -0.2) is 25.2 Å². The van der Waals surface area contributed by atoms with Crippen molar-refractivity contribution in [2.75, 3.05) is 23.7 Å². The van der Waals surface area contributed by atoms with Gasteiger partial charge in [0.15, 0.2) is 16.1 Å². The first-order valence-electron chi connectivity index (χ1n) is 10.5. The molecule has 2 aromatic rings. The van der Waals surface area contributed by atoms with Crippen molar-refractivity contribution in [3.05, 3.63) is 22.9 Å². The maximum Gasteiger partial charge on any atom is 0.190 e. The molecule has 0 amide bonds. The van der Waals surface area contributed by atoms with Gasteiger partial charge in [-0.05, 0) is 31.4 Å². The van der Waals surface area contributed by atoms with E-state index in [0.717, 1.165) is 38.0 Å². The summed E-state index contributed by atoms with van der Waals surface area (Å²) in [6, 6.07) is 0.265. The largest absolute Gasteiger partial charge is 0.403 e. The Hall–Kier alpha value is -1.84. The molecule has 1 atom stereocenters. The van der Waals surface area contributed by atoms with Crippen molar-refractivity contribution in [2.45, 2.75) is 57.7 Å². The van der Waals surface area contributed by atoms with E-state index in [2.05, 4.69) is 14.9 Å². The van der Waals surface area contributed by atoms with Gasteiger partial charge in [0.2, 0.25) is 0 Å². The molecule has 0 aliphatic carbocycles. The number of aromatic nitrogens is 3. The number of piperidine rings is 1. The van der Waals surface area contributed by atoms with Crippen LogP contribution in [0.3, 0.4) is 0 Å². The van der Waals surface area contributed by atoms with Gasteiger partial charge in [-0.3, -0.25) is 0 Å². The lowest BCUT2D eigenvalue weighted by Crippen LogP contribution is -2.42. The molecule has 1 unspecified atom stereocenters. The van der Waals surface area contributed by atoms with Crippen molar-refractivity contribution < 1.29 is 4.39 Å². The Bertz CT molecular complexity index is 939. The minimum absolute atomic E-state index is 0.162. The molecule has 1 fully saturated rings. The zero-order valence-corrected chi connectivity index (χ0v) is 19.2. The zero-order chi connectivity index (χ0) is 21.8. The molecule has 2 aliphatic heterocycles. The molecule has 10 heteroatoms. The predicted octanol–water partition coefficient (Wildman–Crippen LogP) is 4.15. The third kappa shape index (κ3) is 4.15. The molecule has 2 aromatic heterocycles. The van der Waals surface area contributed by atoms with Crippen LogP contribution < -0.4 is 16.5 Å². The van der Waals surface area contributed by atoms with Crippen molar-refractivity contribution in [3.63, 3.8) is 0 Å². The highest BCUT2D eigenvalue weighted by Crippen LogP contribution is 2.39. The second kappa shape index (κ2) is 9.98. The quantitative estimate of drug-likeness (QED) is 0.303. The maximum absolute atomic E-state index is 15.0. The average Bonchev–Trinajstić information content (AvgIpc) is 2.81. The molecule has 0 radical (unpaired) electrons. The van der Waals surface area contributed by atoms with E-state index in [1.165, 1.54) is 18.0 Å². The Balaban J connectivity index is 0.00000124. The van der Waals surface area contributed by atoms with Gasteiger partial charge in [0, 0.05) is 25.3 Å². The van der Waals surface area contributed by atoms with Crippen molar-refractivity contribution in [1.29, 1.82) is 0 Å². The number of halogens is 2. The van der Waals surface area contributed by atoms with Crippen LogP contribution in [-0.4, -0.2) is 44.8 Å². The van der Waals surface area contributed by atoms with Gasteiger partial charge < -0.3 is 15.6 Å². The number of thioether (sulfide) groups is 1. The number of hydrazine groups is 1. The lowest BCUT2D eigenvalue weighted by Gasteiger charge is -2.37. The number of hydrogen-bond acceptors (Lipinski definition) is 8. The number of anilines is 1. The summed E-state index contributed by atoms with van der Waals surface area (Å²) >= 11 is 7.60. The fraction of sp³-hybridized carbons (Fsp3) is 0.550. The van der Waals surface area contributed by atoms with E-state index in [4.69, 9.17) is 28.2 Å². The van der Waals surface area contributed by atoms with E-state index < -0.39 is 5.82 Å². The number of fused-ring (bicyclic) bond motifs is 2. The van der Waals surface area contributed by atoms with Gasteiger partial charge in [-0.1, -0.05) is 44.1 Å².